The number of carbonyl (C=O) groups excluding carboxylic acids is 4. The Morgan fingerprint density at radius 1 is 0.576 bits per heavy atom. The third-order valence-corrected chi connectivity index (χ3v) is 9.89. The number of esters is 2. The zero-order chi connectivity index (χ0) is 43.8. The summed E-state index contributed by atoms with van der Waals surface area (Å²) in [6, 6.07) is 5.87. The summed E-state index contributed by atoms with van der Waals surface area (Å²) in [6.07, 6.45) is 6.01. The van der Waals surface area contributed by atoms with Gasteiger partial charge in [0.25, 0.3) is 0 Å². The lowest BCUT2D eigenvalue weighted by molar-refractivity contribution is -0.133. The Hall–Kier alpha value is -5.92. The third kappa shape index (κ3) is 11.4. The van der Waals surface area contributed by atoms with Gasteiger partial charge in [0, 0.05) is 48.2 Å². The maximum atomic E-state index is 13.7. The van der Waals surface area contributed by atoms with Gasteiger partial charge in [-0.3, -0.25) is 9.59 Å². The van der Waals surface area contributed by atoms with Gasteiger partial charge in [-0.25, -0.2) is 9.59 Å². The predicted octanol–water partition coefficient (Wildman–Crippen LogP) is 7.00. The SMILES string of the molecule is COc1cc(OC(=O)/C(C(C)=O)=C2/C=C(NCC(C)NC3=C/C(=C(\C(C)=O)C(=O)Oc4cc(OC)c(OC)c(OC)c4)CC(C)(C)C3)CC(C)(C)C2)cc(OC)c1OC. The molecule has 2 aromatic carbocycles. The van der Waals surface area contributed by atoms with Crippen LogP contribution in [0.2, 0.25) is 0 Å². The summed E-state index contributed by atoms with van der Waals surface area (Å²) in [4.78, 5) is 53.4. The van der Waals surface area contributed by atoms with Crippen molar-refractivity contribution in [3.63, 3.8) is 0 Å². The lowest BCUT2D eigenvalue weighted by Crippen LogP contribution is -2.39. The first kappa shape index (κ1) is 45.8. The highest BCUT2D eigenvalue weighted by Crippen LogP contribution is 2.44. The van der Waals surface area contributed by atoms with E-state index in [1.54, 1.807) is 0 Å². The molecule has 320 valence electrons. The number of nitrogens with one attached hydrogen (secondary N) is 2. The number of methoxy groups -OCH3 is 6. The average Bonchev–Trinajstić information content (AvgIpc) is 3.14. The molecule has 0 saturated heterocycles. The Balaban J connectivity index is 1.57. The summed E-state index contributed by atoms with van der Waals surface area (Å²) in [5.74, 6) is -0.296. The Bertz CT molecular complexity index is 2040. The quantitative estimate of drug-likeness (QED) is 0.0551. The molecule has 1 unspecified atom stereocenters. The fourth-order valence-electron chi connectivity index (χ4n) is 7.54. The summed E-state index contributed by atoms with van der Waals surface area (Å²) in [5, 5.41) is 7.10. The molecular weight excluding hydrogens is 760 g/mol. The van der Waals surface area contributed by atoms with Crippen molar-refractivity contribution in [2.24, 2.45) is 10.8 Å². The van der Waals surface area contributed by atoms with Gasteiger partial charge >= 0.3 is 11.9 Å². The summed E-state index contributed by atoms with van der Waals surface area (Å²) in [5.41, 5.74) is 2.18. The van der Waals surface area contributed by atoms with Crippen LogP contribution in [0, 0.1) is 10.8 Å². The number of ether oxygens (including phenoxy) is 8. The van der Waals surface area contributed by atoms with Crippen LogP contribution in [0.3, 0.4) is 0 Å². The van der Waals surface area contributed by atoms with E-state index in [-0.39, 0.29) is 39.5 Å². The van der Waals surface area contributed by atoms with E-state index >= 15 is 0 Å². The molecule has 0 bridgehead atoms. The molecule has 2 aromatic rings. The second kappa shape index (κ2) is 19.2. The first-order valence-corrected chi connectivity index (χ1v) is 19.2. The molecule has 0 fully saturated rings. The van der Waals surface area contributed by atoms with Crippen molar-refractivity contribution in [2.75, 3.05) is 49.2 Å². The smallest absolute Gasteiger partial charge is 0.347 e. The van der Waals surface area contributed by atoms with Gasteiger partial charge in [0.15, 0.2) is 34.6 Å². The van der Waals surface area contributed by atoms with Crippen molar-refractivity contribution >= 4 is 23.5 Å². The molecule has 2 aliphatic rings. The van der Waals surface area contributed by atoms with Gasteiger partial charge < -0.3 is 48.5 Å². The third-order valence-electron chi connectivity index (χ3n) is 9.89. The zero-order valence-corrected chi connectivity index (χ0v) is 36.5. The summed E-state index contributed by atoms with van der Waals surface area (Å²) in [7, 11) is 8.77. The van der Waals surface area contributed by atoms with E-state index in [0.717, 1.165) is 11.4 Å². The molecule has 0 radical (unpaired) electrons. The second-order valence-electron chi connectivity index (χ2n) is 16.2. The van der Waals surface area contributed by atoms with Crippen molar-refractivity contribution in [2.45, 2.75) is 80.2 Å². The van der Waals surface area contributed by atoms with E-state index in [2.05, 4.69) is 38.3 Å². The predicted molar refractivity (Wildman–Crippen MR) is 222 cm³/mol. The number of allylic oxidation sites excluding steroid dienone is 6. The van der Waals surface area contributed by atoms with Gasteiger partial charge in [-0.15, -0.1) is 0 Å². The summed E-state index contributed by atoms with van der Waals surface area (Å²) >= 11 is 0. The topological polar surface area (TPSA) is 166 Å². The second-order valence-corrected chi connectivity index (χ2v) is 16.2. The minimum Gasteiger partial charge on any atom is -0.493 e. The van der Waals surface area contributed by atoms with Crippen molar-refractivity contribution in [3.05, 3.63) is 70.1 Å². The van der Waals surface area contributed by atoms with Gasteiger partial charge in [0.05, 0.1) is 42.7 Å². The molecule has 0 aromatic heterocycles. The largest absolute Gasteiger partial charge is 0.493 e. The number of Topliss-reactive ketones (excluding diaryl/α,β-unsaturated/α-hetero) is 2. The first-order chi connectivity index (χ1) is 27.8. The minimum atomic E-state index is -0.794. The zero-order valence-electron chi connectivity index (χ0n) is 36.5. The van der Waals surface area contributed by atoms with Crippen LogP contribution in [-0.2, 0) is 19.2 Å². The molecule has 14 heteroatoms. The maximum Gasteiger partial charge on any atom is 0.347 e. The van der Waals surface area contributed by atoms with Crippen LogP contribution in [0.25, 0.3) is 0 Å². The van der Waals surface area contributed by atoms with Crippen LogP contribution < -0.4 is 48.5 Å². The van der Waals surface area contributed by atoms with Crippen LogP contribution in [0.4, 0.5) is 0 Å². The van der Waals surface area contributed by atoms with Gasteiger partial charge in [0.1, 0.15) is 22.6 Å². The van der Waals surface area contributed by atoms with Crippen molar-refractivity contribution < 1.29 is 57.1 Å². The normalized spacial score (nSPS) is 17.8. The number of benzene rings is 2. The molecule has 0 saturated carbocycles. The molecule has 0 heterocycles. The fraction of sp³-hybridized carbons (Fsp3) is 0.467. The monoisotopic (exact) mass is 818 g/mol. The van der Waals surface area contributed by atoms with E-state index in [9.17, 15) is 19.2 Å². The maximum absolute atomic E-state index is 13.7. The average molecular weight is 819 g/mol. The highest BCUT2D eigenvalue weighted by atomic mass is 16.6. The molecule has 0 aliphatic heterocycles. The molecule has 2 aliphatic carbocycles. The highest BCUT2D eigenvalue weighted by molar-refractivity contribution is 6.18. The molecule has 0 amide bonds. The van der Waals surface area contributed by atoms with Gasteiger partial charge in [0.2, 0.25) is 11.5 Å². The molecule has 59 heavy (non-hydrogen) atoms. The highest BCUT2D eigenvalue weighted by Gasteiger charge is 2.34. The van der Waals surface area contributed by atoms with E-state index in [1.807, 2.05) is 19.1 Å². The number of hydrogen-bond acceptors (Lipinski definition) is 14. The number of carbonyl (C=O) groups is 4. The number of hydrogen-bond donors (Lipinski definition) is 2. The van der Waals surface area contributed by atoms with Crippen LogP contribution in [-0.4, -0.2) is 78.8 Å². The molecule has 4 rings (SSSR count). The van der Waals surface area contributed by atoms with Crippen molar-refractivity contribution in [1.29, 1.82) is 0 Å². The Kier molecular flexibility index (Phi) is 14.9. The van der Waals surface area contributed by atoms with Crippen molar-refractivity contribution in [1.82, 2.24) is 10.6 Å². The lowest BCUT2D eigenvalue weighted by atomic mass is 9.75. The molecule has 14 nitrogen and oxygen atoms in total. The fourth-order valence-corrected chi connectivity index (χ4v) is 7.54. The Morgan fingerprint density at radius 2 is 0.932 bits per heavy atom. The van der Waals surface area contributed by atoms with Crippen LogP contribution in [0.5, 0.6) is 46.0 Å². The Labute approximate surface area is 346 Å². The first-order valence-electron chi connectivity index (χ1n) is 19.2. The van der Waals surface area contributed by atoms with Crippen LogP contribution >= 0.6 is 0 Å². The van der Waals surface area contributed by atoms with Gasteiger partial charge in [-0.2, -0.15) is 0 Å². The standard InChI is InChI=1S/C45H58N2O12/c1-25(47-31-15-29(21-45(6,7)23-31)39(27(3)49)43(51)59-33-18-36(54-10)41(57-13)37(19-33)55-11)24-46-30-14-28(20-44(4,5)22-30)38(26(2)48)42(50)58-32-16-34(52-8)40(56-12)35(17-32)53-9/h14-19,25,46-47H,20-24H2,1-13H3/b38-28-,39-29-. The van der Waals surface area contributed by atoms with Crippen LogP contribution in [0.15, 0.2) is 70.1 Å². The number of ketones is 2. The summed E-state index contributed by atoms with van der Waals surface area (Å²) < 4.78 is 43.8. The van der Waals surface area contributed by atoms with E-state index in [0.29, 0.717) is 77.9 Å². The minimum absolute atomic E-state index is 0.0454. The van der Waals surface area contributed by atoms with Crippen molar-refractivity contribution in [3.8, 4) is 46.0 Å². The van der Waals surface area contributed by atoms with E-state index in [4.69, 9.17) is 37.9 Å². The summed E-state index contributed by atoms with van der Waals surface area (Å²) in [6.45, 7) is 13.5. The molecule has 1 atom stereocenters. The number of rotatable bonds is 17. The molecule has 2 N–H and O–H groups in total. The Morgan fingerprint density at radius 3 is 1.27 bits per heavy atom. The van der Waals surface area contributed by atoms with Gasteiger partial charge in [-0.05, 0) is 80.6 Å². The van der Waals surface area contributed by atoms with Gasteiger partial charge in [-0.1, -0.05) is 27.7 Å². The molecule has 0 spiro atoms. The molecular formula is C45H58N2O12. The van der Waals surface area contributed by atoms with Crippen LogP contribution in [0.1, 0.15) is 74.1 Å². The lowest BCUT2D eigenvalue weighted by Gasteiger charge is -2.35. The van der Waals surface area contributed by atoms with E-state index < -0.39 is 23.5 Å². The van der Waals surface area contributed by atoms with E-state index in [1.165, 1.54) is 80.8 Å².